The van der Waals surface area contributed by atoms with Gasteiger partial charge in [-0.15, -0.1) is 0 Å². The SMILES string of the molecule is CCOC(C)(C)OP(=O)(O)COC(C)=O. The number of hydrogen-bond acceptors (Lipinski definition) is 5. The van der Waals surface area contributed by atoms with Gasteiger partial charge in [0, 0.05) is 13.5 Å². The zero-order valence-corrected chi connectivity index (χ0v) is 10.2. The maximum absolute atomic E-state index is 11.4. The van der Waals surface area contributed by atoms with Crippen LogP contribution >= 0.6 is 7.60 Å². The molecule has 0 radical (unpaired) electrons. The van der Waals surface area contributed by atoms with Gasteiger partial charge >= 0.3 is 13.6 Å². The summed E-state index contributed by atoms with van der Waals surface area (Å²) in [5.74, 6) is -1.82. The van der Waals surface area contributed by atoms with Crippen LogP contribution in [0.5, 0.6) is 0 Å². The minimum Gasteiger partial charge on any atom is -0.453 e. The molecular weight excluding hydrogens is 223 g/mol. The molecule has 0 aliphatic heterocycles. The van der Waals surface area contributed by atoms with Crippen LogP contribution < -0.4 is 0 Å². The van der Waals surface area contributed by atoms with Crippen molar-refractivity contribution in [1.29, 1.82) is 0 Å². The third-order valence-corrected chi connectivity index (χ3v) is 2.47. The predicted octanol–water partition coefficient (Wildman–Crippen LogP) is 1.48. The van der Waals surface area contributed by atoms with Crippen molar-refractivity contribution in [1.82, 2.24) is 0 Å². The molecule has 0 bridgehead atoms. The molecule has 0 saturated heterocycles. The predicted molar refractivity (Wildman–Crippen MR) is 53.2 cm³/mol. The van der Waals surface area contributed by atoms with Gasteiger partial charge in [-0.1, -0.05) is 0 Å². The van der Waals surface area contributed by atoms with Crippen molar-refractivity contribution in [3.63, 3.8) is 0 Å². The van der Waals surface area contributed by atoms with Crippen LogP contribution in [0.1, 0.15) is 27.7 Å². The highest BCUT2D eigenvalue weighted by Crippen LogP contribution is 2.46. The maximum Gasteiger partial charge on any atom is 0.367 e. The second-order valence-electron chi connectivity index (χ2n) is 3.33. The second kappa shape index (κ2) is 5.61. The number of carbonyl (C=O) groups excluding carboxylic acids is 1. The van der Waals surface area contributed by atoms with Gasteiger partial charge in [-0.25, -0.2) is 0 Å². The summed E-state index contributed by atoms with van der Waals surface area (Å²) >= 11 is 0. The average Bonchev–Trinajstić information content (AvgIpc) is 1.98. The van der Waals surface area contributed by atoms with E-state index in [0.29, 0.717) is 6.61 Å². The summed E-state index contributed by atoms with van der Waals surface area (Å²) in [5.41, 5.74) is 0. The molecule has 1 atom stereocenters. The molecule has 0 heterocycles. The molecule has 90 valence electrons. The third kappa shape index (κ3) is 7.50. The molecular formula is C8H17O6P. The van der Waals surface area contributed by atoms with E-state index in [1.54, 1.807) is 6.92 Å². The summed E-state index contributed by atoms with van der Waals surface area (Å²) in [7, 11) is -3.97. The number of hydrogen-bond donors (Lipinski definition) is 1. The molecule has 0 fully saturated rings. The molecule has 0 aromatic rings. The summed E-state index contributed by atoms with van der Waals surface area (Å²) in [5, 5.41) is 0. The summed E-state index contributed by atoms with van der Waals surface area (Å²) in [6.07, 6.45) is -0.668. The molecule has 0 spiro atoms. The normalized spacial score (nSPS) is 15.8. The Morgan fingerprint density at radius 3 is 2.40 bits per heavy atom. The quantitative estimate of drug-likeness (QED) is 0.430. The first kappa shape index (κ1) is 14.6. The van der Waals surface area contributed by atoms with Gasteiger partial charge in [-0.2, -0.15) is 0 Å². The van der Waals surface area contributed by atoms with Crippen molar-refractivity contribution < 1.29 is 28.3 Å². The summed E-state index contributed by atoms with van der Waals surface area (Å²) < 4.78 is 25.7. The number of carbonyl (C=O) groups is 1. The molecule has 0 aromatic carbocycles. The Balaban J connectivity index is 4.23. The van der Waals surface area contributed by atoms with Gasteiger partial charge in [-0.05, 0) is 20.8 Å². The molecule has 0 aliphatic rings. The fourth-order valence-electron chi connectivity index (χ4n) is 0.916. The highest BCUT2D eigenvalue weighted by Gasteiger charge is 2.32. The Hall–Kier alpha value is -0.420. The van der Waals surface area contributed by atoms with E-state index in [1.165, 1.54) is 13.8 Å². The van der Waals surface area contributed by atoms with Crippen LogP contribution in [0.2, 0.25) is 0 Å². The average molecular weight is 240 g/mol. The van der Waals surface area contributed by atoms with Gasteiger partial charge < -0.3 is 14.4 Å². The molecule has 1 unspecified atom stereocenters. The van der Waals surface area contributed by atoms with Crippen LogP contribution in [0.25, 0.3) is 0 Å². The zero-order chi connectivity index (χ0) is 12.1. The molecule has 0 rings (SSSR count). The third-order valence-electron chi connectivity index (χ3n) is 1.29. The van der Waals surface area contributed by atoms with Crippen LogP contribution in [0, 0.1) is 0 Å². The van der Waals surface area contributed by atoms with Crippen molar-refractivity contribution >= 4 is 13.6 Å². The Labute approximate surface area is 89.1 Å². The zero-order valence-electron chi connectivity index (χ0n) is 9.35. The topological polar surface area (TPSA) is 82.1 Å². The largest absolute Gasteiger partial charge is 0.453 e. The van der Waals surface area contributed by atoms with Gasteiger partial charge in [0.15, 0.2) is 12.1 Å². The number of ether oxygens (including phenoxy) is 2. The van der Waals surface area contributed by atoms with Crippen LogP contribution in [0.15, 0.2) is 0 Å². The fourth-order valence-corrected chi connectivity index (χ4v) is 2.05. The monoisotopic (exact) mass is 240 g/mol. The van der Waals surface area contributed by atoms with E-state index in [-0.39, 0.29) is 0 Å². The number of rotatable bonds is 6. The Bertz CT molecular complexity index is 262. The van der Waals surface area contributed by atoms with Crippen LogP contribution in [0.3, 0.4) is 0 Å². The molecule has 0 aliphatic carbocycles. The van der Waals surface area contributed by atoms with E-state index in [1.807, 2.05) is 0 Å². The minimum atomic E-state index is -3.97. The summed E-state index contributed by atoms with van der Waals surface area (Å²) in [6, 6.07) is 0. The minimum absolute atomic E-state index is 0.348. The van der Waals surface area contributed by atoms with Gasteiger partial charge in [0.25, 0.3) is 0 Å². The first-order valence-corrected chi connectivity index (χ1v) is 6.25. The second-order valence-corrected chi connectivity index (χ2v) is 5.04. The molecule has 15 heavy (non-hydrogen) atoms. The van der Waals surface area contributed by atoms with E-state index in [0.717, 1.165) is 6.92 Å². The lowest BCUT2D eigenvalue weighted by molar-refractivity contribution is -0.159. The van der Waals surface area contributed by atoms with Gasteiger partial charge in [0.1, 0.15) is 0 Å². The van der Waals surface area contributed by atoms with Crippen molar-refractivity contribution in [3.8, 4) is 0 Å². The van der Waals surface area contributed by atoms with E-state index in [4.69, 9.17) is 9.26 Å². The van der Waals surface area contributed by atoms with Crippen LogP contribution in [0.4, 0.5) is 0 Å². The first-order valence-electron chi connectivity index (χ1n) is 4.48. The van der Waals surface area contributed by atoms with Gasteiger partial charge in [0.05, 0.1) is 0 Å². The van der Waals surface area contributed by atoms with Crippen LogP contribution in [-0.2, 0) is 23.4 Å². The van der Waals surface area contributed by atoms with E-state index in [2.05, 4.69) is 4.74 Å². The van der Waals surface area contributed by atoms with Crippen molar-refractivity contribution in [2.24, 2.45) is 0 Å². The van der Waals surface area contributed by atoms with E-state index < -0.39 is 25.7 Å². The van der Waals surface area contributed by atoms with Crippen molar-refractivity contribution in [3.05, 3.63) is 0 Å². The molecule has 0 saturated carbocycles. The molecule has 1 N–H and O–H groups in total. The lowest BCUT2D eigenvalue weighted by atomic mass is 10.4. The van der Waals surface area contributed by atoms with Crippen molar-refractivity contribution in [2.45, 2.75) is 33.5 Å². The number of esters is 1. The highest BCUT2D eigenvalue weighted by atomic mass is 31.2. The highest BCUT2D eigenvalue weighted by molar-refractivity contribution is 7.52. The standard InChI is InChI=1S/C8H17O6P/c1-5-13-8(3,4)14-15(10,11)6-12-7(2)9/h5-6H2,1-4H3,(H,10,11). The Kier molecular flexibility index (Phi) is 5.45. The maximum atomic E-state index is 11.4. The molecule has 0 amide bonds. The molecule has 7 heteroatoms. The van der Waals surface area contributed by atoms with E-state index >= 15 is 0 Å². The lowest BCUT2D eigenvalue weighted by Crippen LogP contribution is -2.27. The summed E-state index contributed by atoms with van der Waals surface area (Å²) in [6.45, 7) is 6.24. The lowest BCUT2D eigenvalue weighted by Gasteiger charge is -2.26. The Morgan fingerprint density at radius 2 is 2.00 bits per heavy atom. The van der Waals surface area contributed by atoms with E-state index in [9.17, 15) is 14.3 Å². The Morgan fingerprint density at radius 1 is 1.47 bits per heavy atom. The molecule has 0 aromatic heterocycles. The first-order chi connectivity index (χ1) is 6.68. The van der Waals surface area contributed by atoms with Gasteiger partial charge in [-0.3, -0.25) is 13.9 Å². The summed E-state index contributed by atoms with van der Waals surface area (Å²) in [4.78, 5) is 19.7. The fraction of sp³-hybridized carbons (Fsp3) is 0.875. The van der Waals surface area contributed by atoms with Crippen molar-refractivity contribution in [2.75, 3.05) is 13.0 Å². The van der Waals surface area contributed by atoms with Crippen LogP contribution in [-0.4, -0.2) is 29.6 Å². The molecule has 6 nitrogen and oxygen atoms in total. The smallest absolute Gasteiger partial charge is 0.367 e. The van der Waals surface area contributed by atoms with Gasteiger partial charge in [0.2, 0.25) is 0 Å².